The molecule has 1 atom stereocenters. The summed E-state index contributed by atoms with van der Waals surface area (Å²) >= 11 is 1.62. The predicted octanol–water partition coefficient (Wildman–Crippen LogP) is 2.21. The minimum Gasteiger partial charge on any atom is -0.383 e. The molecule has 1 saturated heterocycles. The van der Waals surface area contributed by atoms with E-state index < -0.39 is 9.84 Å². The van der Waals surface area contributed by atoms with E-state index in [0.29, 0.717) is 17.5 Å². The van der Waals surface area contributed by atoms with Gasteiger partial charge in [-0.15, -0.1) is 0 Å². The van der Waals surface area contributed by atoms with Gasteiger partial charge in [-0.2, -0.15) is 0 Å². The Hall–Kier alpha value is -1.02. The summed E-state index contributed by atoms with van der Waals surface area (Å²) in [6.07, 6.45) is 5.49. The molecule has 2 N–H and O–H groups in total. The summed E-state index contributed by atoms with van der Waals surface area (Å²) in [5, 5.41) is 0.707. The average Bonchev–Trinajstić information content (AvgIpc) is 2.45. The number of unbranched alkanes of at least 4 members (excludes halogenated alkanes) is 1. The summed E-state index contributed by atoms with van der Waals surface area (Å²) in [5.74, 6) is 2.67. The van der Waals surface area contributed by atoms with Gasteiger partial charge in [-0.1, -0.05) is 25.1 Å². The molecule has 0 saturated carbocycles. The van der Waals surface area contributed by atoms with Crippen molar-refractivity contribution in [2.75, 3.05) is 41.5 Å². The number of thioether (sulfide) groups is 1. The van der Waals surface area contributed by atoms with Crippen LogP contribution in [0.4, 0.5) is 11.6 Å². The van der Waals surface area contributed by atoms with Crippen LogP contribution in [0.1, 0.15) is 32.6 Å². The highest BCUT2D eigenvalue weighted by Crippen LogP contribution is 2.26. The van der Waals surface area contributed by atoms with Crippen molar-refractivity contribution in [3.8, 4) is 0 Å². The van der Waals surface area contributed by atoms with Crippen LogP contribution >= 0.6 is 11.8 Å². The highest BCUT2D eigenvalue weighted by atomic mass is 32.2. The number of nitrogens with zero attached hydrogens (tertiary/aromatic N) is 3. The molecule has 1 aliphatic heterocycles. The molecule has 2 rings (SSSR count). The Morgan fingerprint density at radius 3 is 2.91 bits per heavy atom. The molecule has 0 radical (unpaired) electrons. The van der Waals surface area contributed by atoms with E-state index in [2.05, 4.69) is 21.8 Å². The van der Waals surface area contributed by atoms with Crippen molar-refractivity contribution < 1.29 is 8.42 Å². The van der Waals surface area contributed by atoms with E-state index in [0.717, 1.165) is 43.8 Å². The third kappa shape index (κ3) is 6.18. The van der Waals surface area contributed by atoms with Gasteiger partial charge in [-0.25, -0.2) is 18.4 Å². The van der Waals surface area contributed by atoms with Crippen LogP contribution in [0, 0.1) is 5.92 Å². The van der Waals surface area contributed by atoms with Crippen LogP contribution < -0.4 is 10.6 Å². The number of hydrogen-bond donors (Lipinski definition) is 1. The number of anilines is 2. The van der Waals surface area contributed by atoms with E-state index in [1.165, 1.54) is 6.26 Å². The quantitative estimate of drug-likeness (QED) is 0.454. The summed E-state index contributed by atoms with van der Waals surface area (Å²) in [7, 11) is -2.95. The van der Waals surface area contributed by atoms with Crippen molar-refractivity contribution in [2.45, 2.75) is 37.8 Å². The van der Waals surface area contributed by atoms with Gasteiger partial charge in [0.25, 0.3) is 0 Å². The summed E-state index contributed by atoms with van der Waals surface area (Å²) in [6, 6.07) is 1.78. The van der Waals surface area contributed by atoms with Gasteiger partial charge < -0.3 is 10.6 Å². The Kier molecular flexibility index (Phi) is 6.52. The number of piperidine rings is 1. The first-order chi connectivity index (χ1) is 10.9. The van der Waals surface area contributed by atoms with Gasteiger partial charge in [-0.3, -0.25) is 0 Å². The SMILES string of the molecule is CCCCSc1nc(N)cc(N2CCC[C@@H](CS(C)(=O)=O)C2)n1. The third-order valence-corrected chi connectivity index (χ3v) is 5.83. The largest absolute Gasteiger partial charge is 0.383 e. The molecule has 6 nitrogen and oxygen atoms in total. The van der Waals surface area contributed by atoms with Gasteiger partial charge in [0, 0.05) is 31.2 Å². The molecule has 1 aromatic rings. The summed E-state index contributed by atoms with van der Waals surface area (Å²) in [5.41, 5.74) is 5.92. The van der Waals surface area contributed by atoms with Gasteiger partial charge in [0.15, 0.2) is 5.16 Å². The molecule has 1 fully saturated rings. The van der Waals surface area contributed by atoms with Crippen LogP contribution in [0.3, 0.4) is 0 Å². The lowest BCUT2D eigenvalue weighted by molar-refractivity contribution is 0.441. The van der Waals surface area contributed by atoms with Crippen LogP contribution in [0.25, 0.3) is 0 Å². The molecule has 1 aromatic heterocycles. The average molecular weight is 359 g/mol. The Morgan fingerprint density at radius 1 is 1.43 bits per heavy atom. The maximum Gasteiger partial charge on any atom is 0.191 e. The molecule has 2 heterocycles. The first-order valence-corrected chi connectivity index (χ1v) is 11.1. The molecule has 0 aliphatic carbocycles. The summed E-state index contributed by atoms with van der Waals surface area (Å²) < 4.78 is 23.1. The zero-order valence-corrected chi connectivity index (χ0v) is 15.5. The van der Waals surface area contributed by atoms with Crippen LogP contribution in [-0.4, -0.2) is 49.2 Å². The molecule has 130 valence electrons. The number of hydrogen-bond acceptors (Lipinski definition) is 7. The number of aromatic nitrogens is 2. The second-order valence-electron chi connectivity index (χ2n) is 6.18. The van der Waals surface area contributed by atoms with Gasteiger partial charge in [0.2, 0.25) is 0 Å². The summed E-state index contributed by atoms with van der Waals surface area (Å²) in [4.78, 5) is 11.0. The Labute approximate surface area is 143 Å². The van der Waals surface area contributed by atoms with Crippen LogP contribution in [0.15, 0.2) is 11.2 Å². The van der Waals surface area contributed by atoms with Gasteiger partial charge in [0.1, 0.15) is 21.5 Å². The van der Waals surface area contributed by atoms with Crippen molar-refractivity contribution in [3.63, 3.8) is 0 Å². The molecule has 23 heavy (non-hydrogen) atoms. The maximum absolute atomic E-state index is 11.5. The van der Waals surface area contributed by atoms with Crippen molar-refractivity contribution in [1.82, 2.24) is 9.97 Å². The van der Waals surface area contributed by atoms with Crippen molar-refractivity contribution in [2.24, 2.45) is 5.92 Å². The van der Waals surface area contributed by atoms with E-state index in [1.54, 1.807) is 17.8 Å². The highest BCUT2D eigenvalue weighted by molar-refractivity contribution is 7.99. The smallest absolute Gasteiger partial charge is 0.191 e. The summed E-state index contributed by atoms with van der Waals surface area (Å²) in [6.45, 7) is 3.75. The number of nitrogen functional groups attached to an aromatic ring is 1. The lowest BCUT2D eigenvalue weighted by Gasteiger charge is -2.33. The predicted molar refractivity (Wildman–Crippen MR) is 96.7 cm³/mol. The molecule has 0 bridgehead atoms. The Bertz CT molecular complexity index is 622. The molecular weight excluding hydrogens is 332 g/mol. The molecule has 0 amide bonds. The molecule has 8 heteroatoms. The lowest BCUT2D eigenvalue weighted by Crippen LogP contribution is -2.38. The number of sulfone groups is 1. The fourth-order valence-electron chi connectivity index (χ4n) is 2.80. The molecule has 0 spiro atoms. The standard InChI is InChI=1S/C15H26N4O2S2/c1-3-4-8-22-15-17-13(16)9-14(18-15)19-7-5-6-12(10-19)11-23(2,20)21/h9,12H,3-8,10-11H2,1-2H3,(H2,16,17,18)/t12-/m1/s1. The Balaban J connectivity index is 2.07. The fourth-order valence-corrected chi connectivity index (χ4v) is 4.87. The lowest BCUT2D eigenvalue weighted by atomic mass is 10.0. The normalized spacial score (nSPS) is 19.0. The van der Waals surface area contributed by atoms with Crippen molar-refractivity contribution in [1.29, 1.82) is 0 Å². The molecular formula is C15H26N4O2S2. The second-order valence-corrected chi connectivity index (χ2v) is 9.43. The van der Waals surface area contributed by atoms with E-state index in [1.807, 2.05) is 0 Å². The minimum absolute atomic E-state index is 0.158. The topological polar surface area (TPSA) is 89.2 Å². The highest BCUT2D eigenvalue weighted by Gasteiger charge is 2.24. The number of rotatable bonds is 7. The molecule has 0 unspecified atom stereocenters. The molecule has 0 aromatic carbocycles. The van der Waals surface area contributed by atoms with Crippen LogP contribution in [0.2, 0.25) is 0 Å². The Morgan fingerprint density at radius 2 is 2.22 bits per heavy atom. The van der Waals surface area contributed by atoms with Crippen molar-refractivity contribution >= 4 is 33.2 Å². The minimum atomic E-state index is -2.95. The van der Waals surface area contributed by atoms with Gasteiger partial charge in [-0.05, 0) is 25.2 Å². The first-order valence-electron chi connectivity index (χ1n) is 8.07. The van der Waals surface area contributed by atoms with Crippen LogP contribution in [0.5, 0.6) is 0 Å². The van der Waals surface area contributed by atoms with Crippen LogP contribution in [-0.2, 0) is 9.84 Å². The van der Waals surface area contributed by atoms with E-state index in [9.17, 15) is 8.42 Å². The fraction of sp³-hybridized carbons (Fsp3) is 0.733. The van der Waals surface area contributed by atoms with E-state index in [-0.39, 0.29) is 11.7 Å². The van der Waals surface area contributed by atoms with Gasteiger partial charge in [0.05, 0.1) is 5.75 Å². The number of nitrogens with two attached hydrogens (primary N) is 1. The zero-order valence-electron chi connectivity index (χ0n) is 13.9. The first kappa shape index (κ1) is 18.3. The van der Waals surface area contributed by atoms with E-state index >= 15 is 0 Å². The van der Waals surface area contributed by atoms with Gasteiger partial charge >= 0.3 is 0 Å². The zero-order chi connectivity index (χ0) is 16.9. The maximum atomic E-state index is 11.5. The van der Waals surface area contributed by atoms with E-state index in [4.69, 9.17) is 5.73 Å². The monoisotopic (exact) mass is 358 g/mol. The second kappa shape index (κ2) is 8.19. The molecule has 1 aliphatic rings. The van der Waals surface area contributed by atoms with Crippen molar-refractivity contribution in [3.05, 3.63) is 6.07 Å². The third-order valence-electron chi connectivity index (χ3n) is 3.82.